The topological polar surface area (TPSA) is 18.5 Å². The lowest BCUT2D eigenvalue weighted by Crippen LogP contribution is -2.52. The van der Waals surface area contributed by atoms with Crippen molar-refractivity contribution >= 4 is 9.68 Å². The van der Waals surface area contributed by atoms with Crippen molar-refractivity contribution in [3.63, 3.8) is 0 Å². The molecule has 0 heterocycles. The van der Waals surface area contributed by atoms with Crippen LogP contribution in [0.1, 0.15) is 20.3 Å². The normalized spacial score (nSPS) is 15.5. The smallest absolute Gasteiger partial charge is 0.109 e. The molecular formula is C9H25N3Si. The van der Waals surface area contributed by atoms with Gasteiger partial charge in [-0.05, 0) is 33.7 Å². The van der Waals surface area contributed by atoms with E-state index in [1.807, 2.05) is 0 Å². The molecule has 0 rings (SSSR count). The summed E-state index contributed by atoms with van der Waals surface area (Å²) < 4.78 is 0. The van der Waals surface area contributed by atoms with Crippen LogP contribution in [0.2, 0.25) is 5.54 Å². The van der Waals surface area contributed by atoms with Gasteiger partial charge in [0.1, 0.15) is 6.29 Å². The summed E-state index contributed by atoms with van der Waals surface area (Å²) in [6.07, 6.45) is 1.70. The quantitative estimate of drug-likeness (QED) is 0.494. The first-order valence-electron chi connectivity index (χ1n) is 5.05. The molecule has 4 heteroatoms. The average molecular weight is 203 g/mol. The highest BCUT2D eigenvalue weighted by molar-refractivity contribution is 6.34. The molecule has 1 atom stereocenters. The minimum Gasteiger partial charge on any atom is -0.316 e. The lowest BCUT2D eigenvalue weighted by atomic mass is 10.4. The highest BCUT2D eigenvalue weighted by Crippen LogP contribution is 2.04. The molecule has 80 valence electrons. The summed E-state index contributed by atoms with van der Waals surface area (Å²) in [7, 11) is 8.32. The number of hydrogen-bond donors (Lipinski definition) is 1. The first kappa shape index (κ1) is 13.1. The van der Waals surface area contributed by atoms with Crippen LogP contribution in [-0.2, 0) is 0 Å². The maximum Gasteiger partial charge on any atom is 0.109 e. The summed E-state index contributed by atoms with van der Waals surface area (Å²) in [6.45, 7) is 4.60. The van der Waals surface area contributed by atoms with Crippen LogP contribution >= 0.6 is 0 Å². The molecule has 1 N–H and O–H groups in total. The van der Waals surface area contributed by atoms with Gasteiger partial charge < -0.3 is 4.98 Å². The minimum atomic E-state index is -0.131. The second kappa shape index (κ2) is 6.54. The van der Waals surface area contributed by atoms with E-state index in [0.717, 1.165) is 5.54 Å². The van der Waals surface area contributed by atoms with Crippen molar-refractivity contribution in [3.05, 3.63) is 0 Å². The first-order valence-corrected chi connectivity index (χ1v) is 6.57. The largest absolute Gasteiger partial charge is 0.316 e. The molecule has 0 spiro atoms. The Labute approximate surface area is 85.4 Å². The van der Waals surface area contributed by atoms with E-state index in [4.69, 9.17) is 0 Å². The molecule has 0 saturated heterocycles. The fourth-order valence-corrected chi connectivity index (χ4v) is 2.91. The van der Waals surface area contributed by atoms with Crippen molar-refractivity contribution < 1.29 is 0 Å². The molecule has 0 aliphatic carbocycles. The summed E-state index contributed by atoms with van der Waals surface area (Å²) in [5.74, 6) is 0. The fourth-order valence-electron chi connectivity index (χ4n) is 1.28. The molecule has 3 nitrogen and oxygen atoms in total. The van der Waals surface area contributed by atoms with Crippen LogP contribution in [0.25, 0.3) is 0 Å². The molecule has 1 unspecified atom stereocenters. The molecule has 0 radical (unpaired) electrons. The Morgan fingerprint density at radius 2 is 1.62 bits per heavy atom. The Balaban J connectivity index is 3.83. The van der Waals surface area contributed by atoms with Gasteiger partial charge in [-0.15, -0.1) is 0 Å². The van der Waals surface area contributed by atoms with Gasteiger partial charge in [-0.25, -0.2) is 0 Å². The molecule has 0 aromatic rings. The molecule has 0 amide bonds. The van der Waals surface area contributed by atoms with Crippen LogP contribution in [0.3, 0.4) is 0 Å². The summed E-state index contributed by atoms with van der Waals surface area (Å²) in [5.41, 5.74) is 0.891. The first-order chi connectivity index (χ1) is 5.99. The van der Waals surface area contributed by atoms with Crippen molar-refractivity contribution in [1.29, 1.82) is 0 Å². The van der Waals surface area contributed by atoms with E-state index >= 15 is 0 Å². The molecule has 0 saturated carbocycles. The molecule has 0 aromatic carbocycles. The van der Waals surface area contributed by atoms with Crippen LogP contribution in [0.15, 0.2) is 0 Å². The fraction of sp³-hybridized carbons (Fsp3) is 1.00. The number of nitrogens with one attached hydrogen (secondary N) is 1. The van der Waals surface area contributed by atoms with Gasteiger partial charge >= 0.3 is 0 Å². The highest BCUT2D eigenvalue weighted by atomic mass is 28.2. The molecule has 0 fully saturated rings. The summed E-state index contributed by atoms with van der Waals surface area (Å²) in [6, 6.07) is 0. The third-order valence-electron chi connectivity index (χ3n) is 2.32. The molecule has 13 heavy (non-hydrogen) atoms. The van der Waals surface area contributed by atoms with Crippen LogP contribution < -0.4 is 4.98 Å². The number of rotatable bonds is 6. The van der Waals surface area contributed by atoms with Gasteiger partial charge in [-0.1, -0.05) is 20.3 Å². The summed E-state index contributed by atoms with van der Waals surface area (Å²) in [5, 5.41) is 0. The molecule has 0 bridgehead atoms. The van der Waals surface area contributed by atoms with Crippen LogP contribution in [0.5, 0.6) is 0 Å². The van der Waals surface area contributed by atoms with E-state index in [-0.39, 0.29) is 9.68 Å². The zero-order chi connectivity index (χ0) is 10.4. The van der Waals surface area contributed by atoms with Crippen LogP contribution in [0, 0.1) is 0 Å². The zero-order valence-electron chi connectivity index (χ0n) is 9.96. The standard InChI is InChI=1S/C9H25N3Si/c1-7-8(2)13-10-9(11(3)4)12(5)6/h8-10H,7,13H2,1-6H3. The van der Waals surface area contributed by atoms with Crippen molar-refractivity contribution in [2.24, 2.45) is 0 Å². The monoisotopic (exact) mass is 203 g/mol. The predicted molar refractivity (Wildman–Crippen MR) is 62.6 cm³/mol. The SMILES string of the molecule is CCC(C)[SiH2]NC(N(C)C)N(C)C. The second-order valence-electron chi connectivity index (χ2n) is 4.22. The van der Waals surface area contributed by atoms with Crippen molar-refractivity contribution in [1.82, 2.24) is 14.8 Å². The van der Waals surface area contributed by atoms with Gasteiger partial charge in [0.2, 0.25) is 0 Å². The number of nitrogens with zero attached hydrogens (tertiary/aromatic N) is 2. The van der Waals surface area contributed by atoms with Gasteiger partial charge in [0.05, 0.1) is 9.68 Å². The summed E-state index contributed by atoms with van der Waals surface area (Å²) in [4.78, 5) is 8.10. The van der Waals surface area contributed by atoms with Gasteiger partial charge in [-0.3, -0.25) is 9.80 Å². The molecule has 0 aliphatic heterocycles. The molecule has 0 aromatic heterocycles. The Bertz CT molecular complexity index is 120. The molecule has 0 aliphatic rings. The van der Waals surface area contributed by atoms with Crippen molar-refractivity contribution in [2.45, 2.75) is 32.1 Å². The van der Waals surface area contributed by atoms with E-state index in [1.54, 1.807) is 0 Å². The maximum absolute atomic E-state index is 3.66. The van der Waals surface area contributed by atoms with Gasteiger partial charge in [0, 0.05) is 0 Å². The van der Waals surface area contributed by atoms with E-state index in [9.17, 15) is 0 Å². The van der Waals surface area contributed by atoms with E-state index in [1.165, 1.54) is 6.42 Å². The third-order valence-corrected chi connectivity index (χ3v) is 4.20. The summed E-state index contributed by atoms with van der Waals surface area (Å²) >= 11 is 0. The van der Waals surface area contributed by atoms with Gasteiger partial charge in [0.15, 0.2) is 0 Å². The van der Waals surface area contributed by atoms with Crippen molar-refractivity contribution in [3.8, 4) is 0 Å². The third kappa shape index (κ3) is 5.41. The molecular weight excluding hydrogens is 178 g/mol. The number of hydrogen-bond acceptors (Lipinski definition) is 3. The van der Waals surface area contributed by atoms with Gasteiger partial charge in [-0.2, -0.15) is 0 Å². The average Bonchev–Trinajstić information content (AvgIpc) is 2.03. The lowest BCUT2D eigenvalue weighted by Gasteiger charge is -2.32. The van der Waals surface area contributed by atoms with Crippen LogP contribution in [-0.4, -0.2) is 54.0 Å². The van der Waals surface area contributed by atoms with Gasteiger partial charge in [0.25, 0.3) is 0 Å². The lowest BCUT2D eigenvalue weighted by molar-refractivity contribution is 0.118. The highest BCUT2D eigenvalue weighted by Gasteiger charge is 2.13. The van der Waals surface area contributed by atoms with E-state index in [0.29, 0.717) is 6.29 Å². The second-order valence-corrected chi connectivity index (χ2v) is 6.43. The predicted octanol–water partition coefficient (Wildman–Crippen LogP) is 0.285. The Hall–Kier alpha value is 0.0969. The van der Waals surface area contributed by atoms with E-state index in [2.05, 4.69) is 56.8 Å². The Morgan fingerprint density at radius 3 is 1.92 bits per heavy atom. The zero-order valence-corrected chi connectivity index (χ0v) is 11.4. The Morgan fingerprint density at radius 1 is 1.15 bits per heavy atom. The van der Waals surface area contributed by atoms with Crippen molar-refractivity contribution in [2.75, 3.05) is 28.2 Å². The Kier molecular flexibility index (Phi) is 6.58. The minimum absolute atomic E-state index is 0.131. The van der Waals surface area contributed by atoms with E-state index < -0.39 is 0 Å². The maximum atomic E-state index is 3.66. The van der Waals surface area contributed by atoms with Crippen LogP contribution in [0.4, 0.5) is 0 Å².